The van der Waals surface area contributed by atoms with E-state index in [1.807, 2.05) is 12.1 Å². The van der Waals surface area contributed by atoms with Crippen molar-refractivity contribution in [3.63, 3.8) is 0 Å². The number of hydrogen-bond donors (Lipinski definition) is 3. The number of rotatable bonds is 5. The van der Waals surface area contributed by atoms with Gasteiger partial charge in [-0.25, -0.2) is 17.8 Å². The molecule has 0 radical (unpaired) electrons. The quantitative estimate of drug-likeness (QED) is 0.162. The summed E-state index contributed by atoms with van der Waals surface area (Å²) in [6.45, 7) is 0.327. The second-order valence-corrected chi connectivity index (χ2v) is 10.6. The number of hydrogen-bond acceptors (Lipinski definition) is 7. The van der Waals surface area contributed by atoms with Crippen LogP contribution in [-0.4, -0.2) is 30.3 Å². The van der Waals surface area contributed by atoms with Gasteiger partial charge >= 0.3 is 5.69 Å². The van der Waals surface area contributed by atoms with Crippen molar-refractivity contribution < 1.29 is 8.42 Å². The van der Waals surface area contributed by atoms with Gasteiger partial charge in [0.25, 0.3) is 15.6 Å². The number of aryl methyl sites for hydroxylation is 1. The number of benzene rings is 2. The van der Waals surface area contributed by atoms with Crippen LogP contribution in [0.3, 0.4) is 0 Å². The van der Waals surface area contributed by atoms with Crippen LogP contribution in [0.4, 0.5) is 5.69 Å². The highest BCUT2D eigenvalue weighted by Crippen LogP contribution is 2.32. The molecule has 178 valence electrons. The van der Waals surface area contributed by atoms with Crippen molar-refractivity contribution in [2.24, 2.45) is 16.1 Å². The normalized spacial score (nSPS) is 14.2. The molecule has 0 fully saturated rings. The Bertz CT molecular complexity index is 1730. The summed E-state index contributed by atoms with van der Waals surface area (Å²) in [6.07, 6.45) is 1.47. The van der Waals surface area contributed by atoms with Gasteiger partial charge < -0.3 is 10.7 Å². The minimum atomic E-state index is -3.96. The first-order chi connectivity index (χ1) is 16.8. The van der Waals surface area contributed by atoms with Crippen LogP contribution in [0.1, 0.15) is 16.9 Å². The average Bonchev–Trinajstić information content (AvgIpc) is 3.28. The fraction of sp³-hybridized carbons (Fsp3) is 0.136. The molecule has 2 aromatic carbocycles. The fourth-order valence-corrected chi connectivity index (χ4v) is 6.69. The van der Waals surface area contributed by atoms with Gasteiger partial charge in [-0.1, -0.05) is 29.5 Å². The highest BCUT2D eigenvalue weighted by Gasteiger charge is 2.29. The van der Waals surface area contributed by atoms with Gasteiger partial charge in [-0.05, 0) is 42.7 Å². The molecule has 13 heteroatoms. The van der Waals surface area contributed by atoms with E-state index in [4.69, 9.17) is 11.3 Å². The lowest BCUT2D eigenvalue weighted by atomic mass is 10.0. The lowest BCUT2D eigenvalue weighted by Gasteiger charge is -2.30. The number of anilines is 1. The molecular formula is C22H19N7O4S2. The van der Waals surface area contributed by atoms with E-state index in [0.717, 1.165) is 27.9 Å². The molecule has 2 aromatic heterocycles. The van der Waals surface area contributed by atoms with Gasteiger partial charge in [0, 0.05) is 11.9 Å². The number of para-hydroxylation sites is 1. The SMILES string of the molecule is N=NN=C(N)c1scc2[nH]c(=O)n(-c3cccc(S(=O)(=O)N4CCCc5ccccc54)c3)c(=O)c12. The van der Waals surface area contributed by atoms with Crippen LogP contribution in [0.25, 0.3) is 16.6 Å². The number of thiophene rings is 1. The van der Waals surface area contributed by atoms with Gasteiger partial charge in [0.15, 0.2) is 5.84 Å². The van der Waals surface area contributed by atoms with Crippen LogP contribution < -0.4 is 21.3 Å². The van der Waals surface area contributed by atoms with Gasteiger partial charge in [0.1, 0.15) is 0 Å². The van der Waals surface area contributed by atoms with E-state index in [1.165, 1.54) is 28.6 Å². The third-order valence-electron chi connectivity index (χ3n) is 5.77. The maximum absolute atomic E-state index is 13.6. The molecule has 4 aromatic rings. The van der Waals surface area contributed by atoms with Crippen LogP contribution in [0, 0.1) is 5.53 Å². The number of nitrogens with two attached hydrogens (primary N) is 1. The number of H-pyrrole nitrogens is 1. The lowest BCUT2D eigenvalue weighted by molar-refractivity contribution is 0.586. The molecule has 1 aliphatic rings. The van der Waals surface area contributed by atoms with Crippen molar-refractivity contribution in [2.45, 2.75) is 17.7 Å². The molecular weight excluding hydrogens is 490 g/mol. The van der Waals surface area contributed by atoms with Crippen LogP contribution in [-0.2, 0) is 16.4 Å². The first-order valence-corrected chi connectivity index (χ1v) is 12.8. The molecule has 0 unspecified atom stereocenters. The third-order valence-corrected chi connectivity index (χ3v) is 8.59. The Labute approximate surface area is 202 Å². The summed E-state index contributed by atoms with van der Waals surface area (Å²) < 4.78 is 29.4. The number of fused-ring (bicyclic) bond motifs is 2. The standard InChI is InChI=1S/C22H19N7O4S2/c23-20(26-27-24)19-18-16(12-34-19)25-22(31)29(21(18)30)14-7-3-8-15(11-14)35(32,33)28-10-4-6-13-5-1-2-9-17(13)28/h1-3,5,7-9,11-12H,4,6,10H2,(H,25,31)(H3,23,24,26). The predicted molar refractivity (Wildman–Crippen MR) is 133 cm³/mol. The van der Waals surface area contributed by atoms with E-state index in [9.17, 15) is 18.0 Å². The van der Waals surface area contributed by atoms with Crippen molar-refractivity contribution in [1.29, 1.82) is 5.53 Å². The number of aromatic nitrogens is 2. The largest absolute Gasteiger partial charge is 0.381 e. The second kappa shape index (κ2) is 8.60. The lowest BCUT2D eigenvalue weighted by Crippen LogP contribution is -2.36. The monoisotopic (exact) mass is 509 g/mol. The van der Waals surface area contributed by atoms with Crippen LogP contribution >= 0.6 is 11.3 Å². The van der Waals surface area contributed by atoms with E-state index >= 15 is 0 Å². The molecule has 0 bridgehead atoms. The van der Waals surface area contributed by atoms with Gasteiger partial charge in [0.05, 0.1) is 32.1 Å². The molecule has 4 N–H and O–H groups in total. The molecule has 0 aliphatic carbocycles. The molecule has 35 heavy (non-hydrogen) atoms. The van der Waals surface area contributed by atoms with Crippen molar-refractivity contribution >= 4 is 43.8 Å². The summed E-state index contributed by atoms with van der Waals surface area (Å²) in [5.41, 5.74) is 13.2. The molecule has 0 saturated carbocycles. The summed E-state index contributed by atoms with van der Waals surface area (Å²) in [4.78, 5) is 29.0. The molecule has 0 spiro atoms. The summed E-state index contributed by atoms with van der Waals surface area (Å²) in [7, 11) is -3.96. The van der Waals surface area contributed by atoms with Crippen LogP contribution in [0.15, 0.2) is 78.7 Å². The van der Waals surface area contributed by atoms with Crippen LogP contribution in [0.5, 0.6) is 0 Å². The molecule has 5 rings (SSSR count). The Morgan fingerprint density at radius 1 is 1.14 bits per heavy atom. The molecule has 1 aliphatic heterocycles. The average molecular weight is 510 g/mol. The summed E-state index contributed by atoms with van der Waals surface area (Å²) in [5, 5.41) is 8.00. The molecule has 11 nitrogen and oxygen atoms in total. The zero-order valence-corrected chi connectivity index (χ0v) is 19.8. The van der Waals surface area contributed by atoms with Gasteiger partial charge in [-0.2, -0.15) is 5.53 Å². The number of nitrogens with one attached hydrogen (secondary N) is 2. The zero-order valence-electron chi connectivity index (χ0n) is 18.1. The third kappa shape index (κ3) is 3.74. The topological polar surface area (TPSA) is 167 Å². The first kappa shape index (κ1) is 22.7. The van der Waals surface area contributed by atoms with E-state index in [0.29, 0.717) is 18.7 Å². The Morgan fingerprint density at radius 3 is 2.74 bits per heavy atom. The Kier molecular flexibility index (Phi) is 5.57. The van der Waals surface area contributed by atoms with Crippen molar-refractivity contribution in [2.75, 3.05) is 10.8 Å². The first-order valence-electron chi connectivity index (χ1n) is 10.5. The summed E-state index contributed by atoms with van der Waals surface area (Å²) >= 11 is 1.07. The van der Waals surface area contributed by atoms with E-state index < -0.39 is 21.3 Å². The van der Waals surface area contributed by atoms with Gasteiger partial charge in [-0.3, -0.25) is 9.10 Å². The summed E-state index contributed by atoms with van der Waals surface area (Å²) in [6, 6.07) is 13.0. The minimum absolute atomic E-state index is 0.0438. The van der Waals surface area contributed by atoms with Crippen molar-refractivity contribution in [3.8, 4) is 5.69 Å². The van der Waals surface area contributed by atoms with E-state index in [2.05, 4.69) is 15.3 Å². The van der Waals surface area contributed by atoms with Gasteiger partial charge in [-0.15, -0.1) is 16.4 Å². The fourth-order valence-electron chi connectivity index (χ4n) is 4.22. The predicted octanol–water partition coefficient (Wildman–Crippen LogP) is 2.53. The van der Waals surface area contributed by atoms with Crippen LogP contribution in [0.2, 0.25) is 0 Å². The number of amidine groups is 1. The number of aromatic amines is 1. The number of nitrogens with zero attached hydrogens (tertiary/aromatic N) is 4. The number of sulfonamides is 1. The maximum atomic E-state index is 13.6. The van der Waals surface area contributed by atoms with Crippen molar-refractivity contribution in [3.05, 3.63) is 85.2 Å². The molecule has 3 heterocycles. The second-order valence-electron chi connectivity index (χ2n) is 7.82. The zero-order chi connectivity index (χ0) is 24.7. The molecule has 0 atom stereocenters. The smallest absolute Gasteiger partial charge is 0.333 e. The minimum Gasteiger partial charge on any atom is -0.381 e. The van der Waals surface area contributed by atoms with Gasteiger partial charge in [0.2, 0.25) is 0 Å². The highest BCUT2D eigenvalue weighted by molar-refractivity contribution is 7.92. The van der Waals surface area contributed by atoms with E-state index in [-0.39, 0.29) is 32.2 Å². The highest BCUT2D eigenvalue weighted by atomic mass is 32.2. The Balaban J connectivity index is 1.66. The molecule has 0 amide bonds. The van der Waals surface area contributed by atoms with E-state index in [1.54, 1.807) is 17.5 Å². The summed E-state index contributed by atoms with van der Waals surface area (Å²) in [5.74, 6) is -0.143. The maximum Gasteiger partial charge on any atom is 0.333 e. The molecule has 0 saturated heterocycles. The Hall–Kier alpha value is -4.10. The Morgan fingerprint density at radius 2 is 1.94 bits per heavy atom. The van der Waals surface area contributed by atoms with Crippen molar-refractivity contribution in [1.82, 2.24) is 9.55 Å².